The summed E-state index contributed by atoms with van der Waals surface area (Å²) in [7, 11) is 0. The van der Waals surface area contributed by atoms with Gasteiger partial charge in [0.25, 0.3) is 0 Å². The molecule has 1 heterocycles. The van der Waals surface area contributed by atoms with E-state index in [1.165, 1.54) is 0 Å². The first-order valence-electron chi connectivity index (χ1n) is 5.41. The Morgan fingerprint density at radius 1 is 1.53 bits per heavy atom. The minimum absolute atomic E-state index is 0.00104. The van der Waals surface area contributed by atoms with Crippen LogP contribution in [0.1, 0.15) is 11.6 Å². The lowest BCUT2D eigenvalue weighted by atomic mass is 9.90. The summed E-state index contributed by atoms with van der Waals surface area (Å²) < 4.78 is 0. The minimum atomic E-state index is 0.00104. The number of hydrogen-bond acceptors (Lipinski definition) is 2. The lowest BCUT2D eigenvalue weighted by Crippen LogP contribution is -2.52. The van der Waals surface area contributed by atoms with E-state index >= 15 is 0 Å². The van der Waals surface area contributed by atoms with Crippen LogP contribution < -0.4 is 0 Å². The maximum atomic E-state index is 8.53. The first-order valence-corrected chi connectivity index (χ1v) is 5.78. The fourth-order valence-corrected chi connectivity index (χ4v) is 2.30. The smallest absolute Gasteiger partial charge is 0.0698 e. The second-order valence-electron chi connectivity index (χ2n) is 4.01. The van der Waals surface area contributed by atoms with Crippen LogP contribution in [0.25, 0.3) is 10.4 Å². The summed E-state index contributed by atoms with van der Waals surface area (Å²) in [5, 5.41) is 4.53. The fraction of sp³-hybridized carbons (Fsp3) is 0.333. The normalized spacial score (nSPS) is 23.6. The monoisotopic (exact) mass is 248 g/mol. The quantitative estimate of drug-likeness (QED) is 0.348. The van der Waals surface area contributed by atoms with Crippen molar-refractivity contribution in [1.82, 2.24) is 4.90 Å². The maximum Gasteiger partial charge on any atom is 0.0698 e. The Labute approximate surface area is 105 Å². The van der Waals surface area contributed by atoms with E-state index in [-0.39, 0.29) is 12.1 Å². The third-order valence-corrected chi connectivity index (χ3v) is 3.21. The summed E-state index contributed by atoms with van der Waals surface area (Å²) in [6.45, 7) is 5.31. The van der Waals surface area contributed by atoms with Crippen molar-refractivity contribution in [2.24, 2.45) is 5.11 Å². The highest BCUT2D eigenvalue weighted by molar-refractivity contribution is 6.30. The van der Waals surface area contributed by atoms with Crippen LogP contribution in [0.4, 0.5) is 0 Å². The molecule has 1 fully saturated rings. The molecule has 0 N–H and O–H groups in total. The molecule has 4 nitrogen and oxygen atoms in total. The fourth-order valence-electron chi connectivity index (χ4n) is 2.17. The second kappa shape index (κ2) is 5.23. The summed E-state index contributed by atoms with van der Waals surface area (Å²) in [6, 6.07) is 7.80. The van der Waals surface area contributed by atoms with Gasteiger partial charge in [-0.3, -0.25) is 4.90 Å². The standard InChI is InChI=1S/C12H13ClN4/c1-2-7-17-8-11(15-16-14)12(17)9-3-5-10(13)6-4-9/h2-6,11-12H,1,7-8H2/t11-,12+/m1/s1. The third-order valence-electron chi connectivity index (χ3n) is 2.95. The molecular weight excluding hydrogens is 236 g/mol. The SMILES string of the molecule is C=CCN1C[C@@H](N=[N+]=[N-])[C@@H]1c1ccc(Cl)cc1. The van der Waals surface area contributed by atoms with Crippen LogP contribution >= 0.6 is 11.6 Å². The molecule has 1 aromatic carbocycles. The second-order valence-corrected chi connectivity index (χ2v) is 4.45. The molecule has 0 unspecified atom stereocenters. The van der Waals surface area contributed by atoms with Gasteiger partial charge in [-0.15, -0.1) is 6.58 Å². The van der Waals surface area contributed by atoms with Crippen molar-refractivity contribution >= 4 is 11.6 Å². The van der Waals surface area contributed by atoms with Gasteiger partial charge in [-0.1, -0.05) is 34.9 Å². The molecular formula is C12H13ClN4. The van der Waals surface area contributed by atoms with Crippen molar-refractivity contribution in [3.05, 3.63) is 57.9 Å². The van der Waals surface area contributed by atoms with E-state index < -0.39 is 0 Å². The summed E-state index contributed by atoms with van der Waals surface area (Å²) in [6.07, 6.45) is 1.86. The van der Waals surface area contributed by atoms with Gasteiger partial charge < -0.3 is 0 Å². The number of hydrogen-bond donors (Lipinski definition) is 0. The highest BCUT2D eigenvalue weighted by Gasteiger charge is 2.38. The molecule has 1 aliphatic rings. The van der Waals surface area contributed by atoms with Crippen LogP contribution in [0.2, 0.25) is 5.02 Å². The van der Waals surface area contributed by atoms with Crippen molar-refractivity contribution < 1.29 is 0 Å². The molecule has 0 aliphatic carbocycles. The minimum Gasteiger partial charge on any atom is -0.292 e. The van der Waals surface area contributed by atoms with Gasteiger partial charge in [0.2, 0.25) is 0 Å². The summed E-state index contributed by atoms with van der Waals surface area (Å²) in [4.78, 5) is 5.11. The first kappa shape index (κ1) is 12.0. The van der Waals surface area contributed by atoms with E-state index in [1.54, 1.807) is 0 Å². The number of likely N-dealkylation sites (tertiary alicyclic amines) is 1. The number of azide groups is 1. The Balaban J connectivity index is 2.21. The summed E-state index contributed by atoms with van der Waals surface area (Å²) in [5.74, 6) is 0. The van der Waals surface area contributed by atoms with Crippen molar-refractivity contribution in [3.63, 3.8) is 0 Å². The zero-order valence-electron chi connectivity index (χ0n) is 9.33. The molecule has 1 saturated heterocycles. The highest BCUT2D eigenvalue weighted by Crippen LogP contribution is 2.36. The molecule has 2 rings (SSSR count). The van der Waals surface area contributed by atoms with E-state index in [1.807, 2.05) is 30.3 Å². The maximum absolute atomic E-state index is 8.53. The molecule has 17 heavy (non-hydrogen) atoms. The van der Waals surface area contributed by atoms with E-state index in [0.29, 0.717) is 5.02 Å². The molecule has 0 amide bonds. The Kier molecular flexibility index (Phi) is 3.69. The van der Waals surface area contributed by atoms with Crippen LogP contribution in [0.5, 0.6) is 0 Å². The lowest BCUT2D eigenvalue weighted by Gasteiger charge is -2.46. The van der Waals surface area contributed by atoms with Crippen molar-refractivity contribution in [1.29, 1.82) is 0 Å². The van der Waals surface area contributed by atoms with Crippen LogP contribution in [-0.2, 0) is 0 Å². The van der Waals surface area contributed by atoms with Gasteiger partial charge in [0.15, 0.2) is 0 Å². The molecule has 0 radical (unpaired) electrons. The van der Waals surface area contributed by atoms with E-state index in [4.69, 9.17) is 17.1 Å². The zero-order chi connectivity index (χ0) is 12.3. The van der Waals surface area contributed by atoms with E-state index in [9.17, 15) is 0 Å². The van der Waals surface area contributed by atoms with E-state index in [2.05, 4.69) is 21.5 Å². The largest absolute Gasteiger partial charge is 0.292 e. The molecule has 88 valence electrons. The van der Waals surface area contributed by atoms with Gasteiger partial charge in [-0.25, -0.2) is 0 Å². The third kappa shape index (κ3) is 2.44. The Morgan fingerprint density at radius 2 is 2.24 bits per heavy atom. The molecule has 5 heteroatoms. The average Bonchev–Trinajstić information content (AvgIpc) is 2.31. The molecule has 1 aliphatic heterocycles. The van der Waals surface area contributed by atoms with Crippen LogP contribution in [0.3, 0.4) is 0 Å². The molecule has 0 bridgehead atoms. The number of halogens is 1. The van der Waals surface area contributed by atoms with Crippen molar-refractivity contribution in [2.75, 3.05) is 13.1 Å². The van der Waals surface area contributed by atoms with Gasteiger partial charge in [0.1, 0.15) is 0 Å². The zero-order valence-corrected chi connectivity index (χ0v) is 10.1. The van der Waals surface area contributed by atoms with Crippen LogP contribution in [0, 0.1) is 0 Å². The van der Waals surface area contributed by atoms with Crippen LogP contribution in [-0.4, -0.2) is 24.0 Å². The Bertz CT molecular complexity index is 450. The first-order chi connectivity index (χ1) is 8.26. The van der Waals surface area contributed by atoms with Crippen molar-refractivity contribution in [2.45, 2.75) is 12.1 Å². The van der Waals surface area contributed by atoms with Gasteiger partial charge in [0.05, 0.1) is 6.04 Å². The van der Waals surface area contributed by atoms with Gasteiger partial charge in [-0.2, -0.15) is 0 Å². The number of rotatable bonds is 4. The lowest BCUT2D eigenvalue weighted by molar-refractivity contribution is 0.0766. The predicted octanol–water partition coefficient (Wildman–Crippen LogP) is 3.56. The summed E-state index contributed by atoms with van der Waals surface area (Å²) >= 11 is 5.86. The predicted molar refractivity (Wildman–Crippen MR) is 68.9 cm³/mol. The molecule has 0 saturated carbocycles. The van der Waals surface area contributed by atoms with E-state index in [0.717, 1.165) is 18.7 Å². The summed E-state index contributed by atoms with van der Waals surface area (Å²) in [5.41, 5.74) is 9.65. The topological polar surface area (TPSA) is 52.0 Å². The molecule has 0 spiro atoms. The Morgan fingerprint density at radius 3 is 2.82 bits per heavy atom. The number of nitrogens with zero attached hydrogens (tertiary/aromatic N) is 4. The molecule has 2 atom stereocenters. The van der Waals surface area contributed by atoms with Gasteiger partial charge in [-0.05, 0) is 23.2 Å². The molecule has 1 aromatic rings. The highest BCUT2D eigenvalue weighted by atomic mass is 35.5. The van der Waals surface area contributed by atoms with Gasteiger partial charge >= 0.3 is 0 Å². The average molecular weight is 249 g/mol. The molecule has 0 aromatic heterocycles. The Hall–Kier alpha value is -1.48. The van der Waals surface area contributed by atoms with Gasteiger partial charge in [0, 0.05) is 29.1 Å². The number of benzene rings is 1. The van der Waals surface area contributed by atoms with Crippen molar-refractivity contribution in [3.8, 4) is 0 Å². The van der Waals surface area contributed by atoms with Crippen LogP contribution in [0.15, 0.2) is 42.0 Å².